The summed E-state index contributed by atoms with van der Waals surface area (Å²) in [6.45, 7) is 1.97. The zero-order valence-electron chi connectivity index (χ0n) is 10.2. The molecule has 1 amide bonds. The summed E-state index contributed by atoms with van der Waals surface area (Å²) in [4.78, 5) is 22.2. The third-order valence-electron chi connectivity index (χ3n) is 2.50. The number of aromatic carboxylic acids is 1. The summed E-state index contributed by atoms with van der Waals surface area (Å²) >= 11 is 0. The first-order chi connectivity index (χ1) is 9.06. The van der Waals surface area contributed by atoms with Gasteiger partial charge in [0.25, 0.3) is 5.91 Å². The Hall–Kier alpha value is -2.63. The highest BCUT2D eigenvalue weighted by Crippen LogP contribution is 2.05. The van der Waals surface area contributed by atoms with Crippen molar-refractivity contribution in [1.29, 1.82) is 0 Å². The van der Waals surface area contributed by atoms with E-state index in [0.29, 0.717) is 5.76 Å². The van der Waals surface area contributed by atoms with Crippen LogP contribution in [0, 0.1) is 6.92 Å². The minimum Gasteiger partial charge on any atom is -0.545 e. The van der Waals surface area contributed by atoms with Crippen LogP contribution >= 0.6 is 0 Å². The number of nitrogens with one attached hydrogen (secondary N) is 1. The van der Waals surface area contributed by atoms with Crippen LogP contribution in [0.4, 0.5) is 0 Å². The Morgan fingerprint density at radius 3 is 2.53 bits per heavy atom. The second-order valence-electron chi connectivity index (χ2n) is 3.99. The second kappa shape index (κ2) is 5.34. The summed E-state index contributed by atoms with van der Waals surface area (Å²) < 4.78 is 4.80. The third kappa shape index (κ3) is 3.19. The van der Waals surface area contributed by atoms with Gasteiger partial charge in [0.2, 0.25) is 0 Å². The minimum absolute atomic E-state index is 0.0993. The van der Waals surface area contributed by atoms with Crippen molar-refractivity contribution in [3.63, 3.8) is 0 Å². The molecule has 0 fully saturated rings. The van der Waals surface area contributed by atoms with E-state index in [4.69, 9.17) is 4.52 Å². The van der Waals surface area contributed by atoms with Crippen molar-refractivity contribution < 1.29 is 19.2 Å². The van der Waals surface area contributed by atoms with Gasteiger partial charge in [0.05, 0.1) is 5.97 Å². The number of carboxylic acids is 1. The lowest BCUT2D eigenvalue weighted by Crippen LogP contribution is -2.24. The number of nitrogens with zero attached hydrogens (tertiary/aromatic N) is 1. The van der Waals surface area contributed by atoms with Gasteiger partial charge in [-0.05, 0) is 18.1 Å². The van der Waals surface area contributed by atoms with E-state index in [9.17, 15) is 14.7 Å². The number of carbonyl (C=O) groups is 2. The summed E-state index contributed by atoms with van der Waals surface area (Å²) in [7, 11) is 0. The average molecular weight is 259 g/mol. The van der Waals surface area contributed by atoms with E-state index in [-0.39, 0.29) is 23.7 Å². The van der Waals surface area contributed by atoms with Crippen LogP contribution in [0.3, 0.4) is 0 Å². The Morgan fingerprint density at radius 2 is 2.00 bits per heavy atom. The van der Waals surface area contributed by atoms with E-state index in [2.05, 4.69) is 10.5 Å². The lowest BCUT2D eigenvalue weighted by atomic mass is 10.1. The molecule has 0 spiro atoms. The molecule has 0 atom stereocenters. The largest absolute Gasteiger partial charge is 0.545 e. The monoisotopic (exact) mass is 259 g/mol. The van der Waals surface area contributed by atoms with E-state index in [1.807, 2.05) is 0 Å². The second-order valence-corrected chi connectivity index (χ2v) is 3.99. The zero-order valence-corrected chi connectivity index (χ0v) is 10.2. The highest BCUT2D eigenvalue weighted by molar-refractivity contribution is 5.92. The van der Waals surface area contributed by atoms with Gasteiger partial charge in [-0.15, -0.1) is 0 Å². The molecule has 1 aromatic carbocycles. The predicted octanol–water partition coefficient (Wildman–Crippen LogP) is 0.277. The van der Waals surface area contributed by atoms with E-state index < -0.39 is 5.97 Å². The highest BCUT2D eigenvalue weighted by Gasteiger charge is 2.10. The van der Waals surface area contributed by atoms with Crippen molar-refractivity contribution in [2.45, 2.75) is 13.5 Å². The van der Waals surface area contributed by atoms with Crippen LogP contribution in [-0.4, -0.2) is 17.0 Å². The van der Waals surface area contributed by atoms with Gasteiger partial charge in [-0.2, -0.15) is 0 Å². The maximum absolute atomic E-state index is 11.7. The molecular formula is C13H11N2O4-. The number of hydrogen-bond acceptors (Lipinski definition) is 5. The number of rotatable bonds is 4. The minimum atomic E-state index is -1.23. The standard InChI is InChI=1S/C13H12N2O4/c1-8-6-11(15-19-8)12(16)14-7-9-2-4-10(5-3-9)13(17)18/h2-6H,7H2,1H3,(H,14,16)(H,17,18)/p-1. The molecule has 2 rings (SSSR count). The van der Waals surface area contributed by atoms with Crippen LogP contribution in [-0.2, 0) is 6.54 Å². The quantitative estimate of drug-likeness (QED) is 0.850. The number of carboxylic acid groups (broad SMARTS) is 1. The molecule has 1 heterocycles. The smallest absolute Gasteiger partial charge is 0.273 e. The van der Waals surface area contributed by atoms with Crippen molar-refractivity contribution in [2.75, 3.05) is 0 Å². The highest BCUT2D eigenvalue weighted by atomic mass is 16.5. The van der Waals surface area contributed by atoms with Crippen molar-refractivity contribution in [2.24, 2.45) is 0 Å². The van der Waals surface area contributed by atoms with Crippen molar-refractivity contribution >= 4 is 11.9 Å². The first kappa shape index (κ1) is 12.8. The molecular weight excluding hydrogens is 248 g/mol. The molecule has 19 heavy (non-hydrogen) atoms. The summed E-state index contributed by atoms with van der Waals surface area (Å²) in [6, 6.07) is 7.61. The molecule has 0 unspecified atom stereocenters. The van der Waals surface area contributed by atoms with Gasteiger partial charge in [0.1, 0.15) is 5.76 Å². The number of aryl methyl sites for hydroxylation is 1. The first-order valence-electron chi connectivity index (χ1n) is 5.58. The molecule has 0 saturated heterocycles. The molecule has 1 N–H and O–H groups in total. The Balaban J connectivity index is 1.95. The SMILES string of the molecule is Cc1cc(C(=O)NCc2ccc(C(=O)[O-])cc2)no1. The van der Waals surface area contributed by atoms with Crippen molar-refractivity contribution in [3.8, 4) is 0 Å². The number of hydrogen-bond donors (Lipinski definition) is 1. The fourth-order valence-electron chi connectivity index (χ4n) is 1.50. The van der Waals surface area contributed by atoms with Crippen molar-refractivity contribution in [1.82, 2.24) is 10.5 Å². The molecule has 0 bridgehead atoms. The molecule has 0 saturated carbocycles. The summed E-state index contributed by atoms with van der Waals surface area (Å²) in [5.74, 6) is -1.02. The van der Waals surface area contributed by atoms with Crippen LogP contribution in [0.1, 0.15) is 32.2 Å². The predicted molar refractivity (Wildman–Crippen MR) is 63.2 cm³/mol. The molecule has 0 aliphatic rings. The summed E-state index contributed by atoms with van der Waals surface area (Å²) in [5, 5.41) is 16.8. The van der Waals surface area contributed by atoms with Gasteiger partial charge in [-0.3, -0.25) is 4.79 Å². The van der Waals surface area contributed by atoms with E-state index in [1.165, 1.54) is 18.2 Å². The number of benzene rings is 1. The maximum atomic E-state index is 11.7. The Kier molecular flexibility index (Phi) is 3.61. The topological polar surface area (TPSA) is 95.3 Å². The molecule has 98 valence electrons. The van der Waals surface area contributed by atoms with Gasteiger partial charge in [0, 0.05) is 12.6 Å². The van der Waals surface area contributed by atoms with Crippen LogP contribution in [0.5, 0.6) is 0 Å². The van der Waals surface area contributed by atoms with E-state index in [1.54, 1.807) is 19.1 Å². The Labute approximate surface area is 109 Å². The van der Waals surface area contributed by atoms with Crippen LogP contribution in [0.2, 0.25) is 0 Å². The van der Waals surface area contributed by atoms with Gasteiger partial charge >= 0.3 is 0 Å². The van der Waals surface area contributed by atoms with Crippen LogP contribution in [0.25, 0.3) is 0 Å². The Bertz CT molecular complexity index is 601. The molecule has 0 radical (unpaired) electrons. The summed E-state index contributed by atoms with van der Waals surface area (Å²) in [6.07, 6.45) is 0. The third-order valence-corrected chi connectivity index (χ3v) is 2.50. The maximum Gasteiger partial charge on any atom is 0.273 e. The number of carbonyl (C=O) groups excluding carboxylic acids is 2. The molecule has 1 aromatic heterocycles. The molecule has 0 aliphatic carbocycles. The Morgan fingerprint density at radius 1 is 1.32 bits per heavy atom. The normalized spacial score (nSPS) is 10.2. The zero-order chi connectivity index (χ0) is 13.8. The first-order valence-corrected chi connectivity index (χ1v) is 5.58. The molecule has 6 nitrogen and oxygen atoms in total. The number of amides is 1. The lowest BCUT2D eigenvalue weighted by Gasteiger charge is -2.05. The fourth-order valence-corrected chi connectivity index (χ4v) is 1.50. The van der Waals surface area contributed by atoms with Gasteiger partial charge in [-0.25, -0.2) is 0 Å². The fraction of sp³-hybridized carbons (Fsp3) is 0.154. The van der Waals surface area contributed by atoms with Crippen molar-refractivity contribution in [3.05, 3.63) is 52.9 Å². The van der Waals surface area contributed by atoms with E-state index >= 15 is 0 Å². The molecule has 2 aromatic rings. The lowest BCUT2D eigenvalue weighted by molar-refractivity contribution is -0.255. The number of aromatic nitrogens is 1. The van der Waals surface area contributed by atoms with Crippen LogP contribution < -0.4 is 10.4 Å². The molecule has 0 aliphatic heterocycles. The van der Waals surface area contributed by atoms with E-state index in [0.717, 1.165) is 5.56 Å². The van der Waals surface area contributed by atoms with Crippen LogP contribution in [0.15, 0.2) is 34.9 Å². The van der Waals surface area contributed by atoms with Gasteiger partial charge in [-0.1, -0.05) is 29.4 Å². The summed E-state index contributed by atoms with van der Waals surface area (Å²) in [5.41, 5.74) is 1.09. The van der Waals surface area contributed by atoms with Gasteiger partial charge < -0.3 is 19.7 Å². The average Bonchev–Trinajstić information content (AvgIpc) is 2.83. The van der Waals surface area contributed by atoms with Gasteiger partial charge in [0.15, 0.2) is 5.69 Å². The molecule has 6 heteroatoms.